The normalized spacial score (nSPS) is 14.6. The van der Waals surface area contributed by atoms with Crippen molar-refractivity contribution < 1.29 is 18.0 Å². The second-order valence-electron chi connectivity index (χ2n) is 6.01. The minimum absolute atomic E-state index is 0.173. The molecule has 0 bridgehead atoms. The predicted octanol–water partition coefficient (Wildman–Crippen LogP) is 2.58. The van der Waals surface area contributed by atoms with Gasteiger partial charge in [-0.1, -0.05) is 0 Å². The van der Waals surface area contributed by atoms with Gasteiger partial charge in [-0.25, -0.2) is 0 Å². The Morgan fingerprint density at radius 1 is 1.00 bits per heavy atom. The first-order chi connectivity index (χ1) is 8.07. The zero-order chi connectivity index (χ0) is 14.4. The standard InChI is InChI=1S/C11H28O4Si3/c1-9-10(12-2)13-16-11(14-17(3,4)5)15-18(6,7)8/h9,11H,16H2,1-8H3. The fourth-order valence-electron chi connectivity index (χ4n) is 1.29. The summed E-state index contributed by atoms with van der Waals surface area (Å²) in [6.07, 6.45) is 1.81. The lowest BCUT2D eigenvalue weighted by molar-refractivity contribution is 0.0415. The third-order valence-corrected chi connectivity index (χ3v) is 5.43. The van der Waals surface area contributed by atoms with Gasteiger partial charge in [0.2, 0.25) is 0 Å². The molecule has 0 atom stereocenters. The molecule has 0 amide bonds. The molecule has 0 fully saturated rings. The monoisotopic (exact) mass is 308 g/mol. The Kier molecular flexibility index (Phi) is 7.45. The summed E-state index contributed by atoms with van der Waals surface area (Å²) in [4.78, 5) is 0. The van der Waals surface area contributed by atoms with Crippen LogP contribution >= 0.6 is 0 Å². The number of rotatable bonds is 8. The molecule has 0 aromatic carbocycles. The number of hydrogen-bond donors (Lipinski definition) is 0. The van der Waals surface area contributed by atoms with Gasteiger partial charge in [-0.2, -0.15) is 0 Å². The summed E-state index contributed by atoms with van der Waals surface area (Å²) >= 11 is 0. The van der Waals surface area contributed by atoms with Gasteiger partial charge in [0.05, 0.1) is 7.11 Å². The van der Waals surface area contributed by atoms with E-state index in [-0.39, 0.29) is 5.91 Å². The van der Waals surface area contributed by atoms with Crippen LogP contribution in [-0.4, -0.2) is 39.4 Å². The third kappa shape index (κ3) is 9.89. The van der Waals surface area contributed by atoms with Crippen LogP contribution in [0.1, 0.15) is 6.92 Å². The van der Waals surface area contributed by atoms with Crippen molar-refractivity contribution in [3.8, 4) is 0 Å². The summed E-state index contributed by atoms with van der Waals surface area (Å²) in [6.45, 7) is 14.9. The third-order valence-electron chi connectivity index (χ3n) is 1.77. The van der Waals surface area contributed by atoms with Crippen molar-refractivity contribution in [3.05, 3.63) is 12.0 Å². The Hall–Kier alpha value is -0.0894. The van der Waals surface area contributed by atoms with Gasteiger partial charge in [-0.3, -0.25) is 0 Å². The van der Waals surface area contributed by atoms with E-state index in [0.717, 1.165) is 0 Å². The van der Waals surface area contributed by atoms with Crippen molar-refractivity contribution in [1.29, 1.82) is 0 Å². The molecule has 0 aliphatic rings. The van der Waals surface area contributed by atoms with Gasteiger partial charge >= 0.3 is 0 Å². The van der Waals surface area contributed by atoms with Crippen molar-refractivity contribution in [2.45, 2.75) is 52.1 Å². The van der Waals surface area contributed by atoms with Crippen LogP contribution in [0, 0.1) is 0 Å². The van der Waals surface area contributed by atoms with Crippen LogP contribution in [0.2, 0.25) is 39.3 Å². The first-order valence-electron chi connectivity index (χ1n) is 6.26. The quantitative estimate of drug-likeness (QED) is 0.392. The minimum atomic E-state index is -1.62. The molecule has 18 heavy (non-hydrogen) atoms. The smallest absolute Gasteiger partial charge is 0.280 e. The summed E-state index contributed by atoms with van der Waals surface area (Å²) in [5, 5.41) is 0. The second kappa shape index (κ2) is 7.49. The molecule has 0 heterocycles. The lowest BCUT2D eigenvalue weighted by Crippen LogP contribution is -2.43. The molecule has 0 saturated carbocycles. The molecular weight excluding hydrogens is 280 g/mol. The van der Waals surface area contributed by atoms with E-state index in [9.17, 15) is 0 Å². The molecule has 0 rings (SSSR count). The predicted molar refractivity (Wildman–Crippen MR) is 83.0 cm³/mol. The Bertz CT molecular complexity index is 252. The van der Waals surface area contributed by atoms with Crippen LogP contribution in [0.4, 0.5) is 0 Å². The SMILES string of the molecule is CC=C(OC)O[SiH2]C(O[Si](C)(C)C)O[Si](C)(C)C. The van der Waals surface area contributed by atoms with Gasteiger partial charge in [-0.05, 0) is 52.3 Å². The van der Waals surface area contributed by atoms with E-state index >= 15 is 0 Å². The fourth-order valence-corrected chi connectivity index (χ4v) is 7.19. The maximum Gasteiger partial charge on any atom is 0.280 e. The van der Waals surface area contributed by atoms with E-state index < -0.39 is 26.4 Å². The molecule has 0 aromatic rings. The van der Waals surface area contributed by atoms with E-state index in [2.05, 4.69) is 39.3 Å². The molecule has 0 unspecified atom stereocenters. The first-order valence-corrected chi connectivity index (χ1v) is 14.5. The van der Waals surface area contributed by atoms with Gasteiger partial charge in [-0.15, -0.1) is 0 Å². The van der Waals surface area contributed by atoms with Crippen LogP contribution in [0.3, 0.4) is 0 Å². The van der Waals surface area contributed by atoms with Gasteiger partial charge in [0, 0.05) is 0 Å². The molecule has 4 nitrogen and oxygen atoms in total. The Balaban J connectivity index is 4.48. The number of allylic oxidation sites excluding steroid dienone is 1. The zero-order valence-corrected chi connectivity index (χ0v) is 16.4. The van der Waals surface area contributed by atoms with Crippen molar-refractivity contribution in [3.63, 3.8) is 0 Å². The topological polar surface area (TPSA) is 36.9 Å². The van der Waals surface area contributed by atoms with E-state index in [1.807, 2.05) is 13.0 Å². The molecule has 0 aliphatic carbocycles. The first kappa shape index (κ1) is 17.9. The molecule has 0 saturated heterocycles. The van der Waals surface area contributed by atoms with Crippen LogP contribution in [-0.2, 0) is 18.0 Å². The van der Waals surface area contributed by atoms with E-state index in [1.165, 1.54) is 0 Å². The van der Waals surface area contributed by atoms with Gasteiger partial charge in [0.15, 0.2) is 22.5 Å². The molecule has 0 radical (unpaired) electrons. The fraction of sp³-hybridized carbons (Fsp3) is 0.818. The summed E-state index contributed by atoms with van der Waals surface area (Å²) in [7, 11) is -2.61. The Labute approximate surface area is 116 Å². The Morgan fingerprint density at radius 3 is 1.72 bits per heavy atom. The maximum atomic E-state index is 6.06. The van der Waals surface area contributed by atoms with Crippen LogP contribution in [0.25, 0.3) is 0 Å². The molecule has 108 valence electrons. The summed E-state index contributed by atoms with van der Waals surface area (Å²) in [5.41, 5.74) is 0. The molecular formula is C11H28O4Si3. The van der Waals surface area contributed by atoms with Crippen LogP contribution in [0.5, 0.6) is 0 Å². The largest absolute Gasteiger partial charge is 0.520 e. The molecule has 7 heteroatoms. The minimum Gasteiger partial charge on any atom is -0.520 e. The second-order valence-corrected chi connectivity index (χ2v) is 16.2. The number of methoxy groups -OCH3 is 1. The van der Waals surface area contributed by atoms with Gasteiger partial charge in [0.25, 0.3) is 15.7 Å². The van der Waals surface area contributed by atoms with Gasteiger partial charge in [0.1, 0.15) is 0 Å². The highest BCUT2D eigenvalue weighted by molar-refractivity contribution is 6.71. The lowest BCUT2D eigenvalue weighted by Gasteiger charge is -2.31. The highest BCUT2D eigenvalue weighted by atomic mass is 28.4. The van der Waals surface area contributed by atoms with Crippen molar-refractivity contribution >= 4 is 26.4 Å². The molecule has 0 aliphatic heterocycles. The van der Waals surface area contributed by atoms with E-state index in [0.29, 0.717) is 5.95 Å². The Morgan fingerprint density at radius 2 is 1.44 bits per heavy atom. The van der Waals surface area contributed by atoms with E-state index in [1.54, 1.807) is 7.11 Å². The number of hydrogen-bond acceptors (Lipinski definition) is 4. The molecule has 0 N–H and O–H groups in total. The van der Waals surface area contributed by atoms with Crippen molar-refractivity contribution in [2.24, 2.45) is 0 Å². The van der Waals surface area contributed by atoms with Crippen LogP contribution < -0.4 is 0 Å². The summed E-state index contributed by atoms with van der Waals surface area (Å²) in [5.74, 6) is 0.387. The summed E-state index contributed by atoms with van der Waals surface area (Å²) in [6, 6.07) is 0. The van der Waals surface area contributed by atoms with Crippen molar-refractivity contribution in [2.75, 3.05) is 7.11 Å². The highest BCUT2D eigenvalue weighted by Crippen LogP contribution is 2.14. The van der Waals surface area contributed by atoms with Crippen LogP contribution in [0.15, 0.2) is 12.0 Å². The maximum absolute atomic E-state index is 6.06. The average Bonchev–Trinajstić information content (AvgIpc) is 2.14. The summed E-state index contributed by atoms with van der Waals surface area (Å²) < 4.78 is 22.9. The lowest BCUT2D eigenvalue weighted by atomic mass is 10.7. The molecule has 0 spiro atoms. The number of ether oxygens (including phenoxy) is 1. The highest BCUT2D eigenvalue weighted by Gasteiger charge is 2.28. The zero-order valence-electron chi connectivity index (χ0n) is 13.0. The van der Waals surface area contributed by atoms with Crippen molar-refractivity contribution in [1.82, 2.24) is 0 Å². The van der Waals surface area contributed by atoms with E-state index in [4.69, 9.17) is 18.0 Å². The average molecular weight is 309 g/mol. The molecule has 0 aromatic heterocycles. The van der Waals surface area contributed by atoms with Gasteiger partial charge < -0.3 is 18.0 Å².